The van der Waals surface area contributed by atoms with E-state index in [2.05, 4.69) is 10.6 Å². The Morgan fingerprint density at radius 1 is 1.47 bits per heavy atom. The number of hydrogen-bond acceptors (Lipinski definition) is 4. The molecular formula is C12H15ClFN3O2. The third-order valence-corrected chi connectivity index (χ3v) is 3.67. The van der Waals surface area contributed by atoms with E-state index in [1.54, 1.807) is 0 Å². The van der Waals surface area contributed by atoms with Gasteiger partial charge in [-0.1, -0.05) is 11.6 Å². The van der Waals surface area contributed by atoms with Crippen molar-refractivity contribution in [2.45, 2.75) is 25.3 Å². The molecule has 7 heteroatoms. The fourth-order valence-corrected chi connectivity index (χ4v) is 2.38. The highest BCUT2D eigenvalue weighted by Gasteiger charge is 2.29. The maximum atomic E-state index is 13.3. The minimum atomic E-state index is -0.783. The predicted octanol–water partition coefficient (Wildman–Crippen LogP) is 2.94. The smallest absolute Gasteiger partial charge is 0.295 e. The Bertz CT molecular complexity index is 504. The molecule has 2 rings (SSSR count). The topological polar surface area (TPSA) is 67.2 Å². The van der Waals surface area contributed by atoms with Crippen molar-refractivity contribution in [1.29, 1.82) is 0 Å². The van der Waals surface area contributed by atoms with Crippen molar-refractivity contribution < 1.29 is 9.31 Å². The van der Waals surface area contributed by atoms with E-state index in [1.807, 2.05) is 6.92 Å². The molecule has 2 N–H and O–H groups in total. The van der Waals surface area contributed by atoms with Crippen LogP contribution in [0.25, 0.3) is 0 Å². The number of nitro groups is 1. The standard InChI is InChI=1S/C12H15ClFN3O2/c1-12(2-4-15-5-3-12)16-10-6-8(13)9(14)7-11(10)17(18)19/h6-7,15-16H,2-5H2,1H3. The second-order valence-electron chi connectivity index (χ2n) is 4.98. The molecule has 0 saturated carbocycles. The summed E-state index contributed by atoms with van der Waals surface area (Å²) in [5, 5.41) is 17.2. The van der Waals surface area contributed by atoms with Gasteiger partial charge in [0.2, 0.25) is 0 Å². The van der Waals surface area contributed by atoms with E-state index in [0.29, 0.717) is 0 Å². The molecule has 0 unspecified atom stereocenters. The second kappa shape index (κ2) is 5.30. The fraction of sp³-hybridized carbons (Fsp3) is 0.500. The van der Waals surface area contributed by atoms with Crippen LogP contribution in [0.15, 0.2) is 12.1 Å². The van der Waals surface area contributed by atoms with E-state index in [1.165, 1.54) is 6.07 Å². The lowest BCUT2D eigenvalue weighted by Gasteiger charge is -2.35. The van der Waals surface area contributed by atoms with Gasteiger partial charge in [0.1, 0.15) is 11.5 Å². The summed E-state index contributed by atoms with van der Waals surface area (Å²) in [5.41, 5.74) is -0.278. The van der Waals surface area contributed by atoms with Crippen molar-refractivity contribution >= 4 is 23.0 Å². The quantitative estimate of drug-likeness (QED) is 0.662. The van der Waals surface area contributed by atoms with Crippen LogP contribution < -0.4 is 10.6 Å². The summed E-state index contributed by atoms with van der Waals surface area (Å²) in [5.74, 6) is -0.783. The van der Waals surface area contributed by atoms with Crippen molar-refractivity contribution in [3.05, 3.63) is 33.1 Å². The maximum Gasteiger partial charge on any atom is 0.295 e. The molecule has 0 aromatic heterocycles. The number of nitrogens with zero attached hydrogens (tertiary/aromatic N) is 1. The number of benzene rings is 1. The van der Waals surface area contributed by atoms with Crippen LogP contribution in [0.3, 0.4) is 0 Å². The molecule has 0 atom stereocenters. The van der Waals surface area contributed by atoms with Gasteiger partial charge in [-0.15, -0.1) is 0 Å². The molecular weight excluding hydrogens is 273 g/mol. The van der Waals surface area contributed by atoms with Crippen LogP contribution in [0.5, 0.6) is 0 Å². The van der Waals surface area contributed by atoms with E-state index in [4.69, 9.17) is 11.6 Å². The minimum Gasteiger partial charge on any atom is -0.374 e. The summed E-state index contributed by atoms with van der Waals surface area (Å²) in [6.45, 7) is 3.67. The second-order valence-corrected chi connectivity index (χ2v) is 5.38. The van der Waals surface area contributed by atoms with Crippen molar-refractivity contribution in [3.63, 3.8) is 0 Å². The highest BCUT2D eigenvalue weighted by atomic mass is 35.5. The molecule has 1 aromatic carbocycles. The van der Waals surface area contributed by atoms with Gasteiger partial charge in [-0.2, -0.15) is 0 Å². The molecule has 0 radical (unpaired) electrons. The summed E-state index contributed by atoms with van der Waals surface area (Å²) in [7, 11) is 0. The van der Waals surface area contributed by atoms with Crippen LogP contribution >= 0.6 is 11.6 Å². The van der Waals surface area contributed by atoms with Gasteiger partial charge in [-0.25, -0.2) is 4.39 Å². The van der Waals surface area contributed by atoms with Crippen LogP contribution in [0, 0.1) is 15.9 Å². The Labute approximate surface area is 115 Å². The monoisotopic (exact) mass is 287 g/mol. The van der Waals surface area contributed by atoms with Crippen molar-refractivity contribution in [1.82, 2.24) is 5.32 Å². The summed E-state index contributed by atoms with van der Waals surface area (Å²) in [6.07, 6.45) is 1.66. The lowest BCUT2D eigenvalue weighted by Crippen LogP contribution is -2.45. The van der Waals surface area contributed by atoms with E-state index in [9.17, 15) is 14.5 Å². The van der Waals surface area contributed by atoms with Crippen LogP contribution in [-0.2, 0) is 0 Å². The maximum absolute atomic E-state index is 13.3. The van der Waals surface area contributed by atoms with E-state index in [-0.39, 0.29) is 21.9 Å². The molecule has 1 aliphatic rings. The molecule has 1 saturated heterocycles. The van der Waals surface area contributed by atoms with Crippen molar-refractivity contribution in [2.75, 3.05) is 18.4 Å². The molecule has 1 fully saturated rings. The highest BCUT2D eigenvalue weighted by molar-refractivity contribution is 6.31. The summed E-state index contributed by atoms with van der Waals surface area (Å²) in [4.78, 5) is 10.4. The van der Waals surface area contributed by atoms with Gasteiger partial charge < -0.3 is 10.6 Å². The van der Waals surface area contributed by atoms with Gasteiger partial charge in [0, 0.05) is 5.54 Å². The molecule has 0 aliphatic carbocycles. The fourth-order valence-electron chi connectivity index (χ4n) is 2.22. The molecule has 1 aliphatic heterocycles. The first-order valence-electron chi connectivity index (χ1n) is 6.04. The Kier molecular flexibility index (Phi) is 3.91. The first-order valence-corrected chi connectivity index (χ1v) is 6.41. The van der Waals surface area contributed by atoms with E-state index in [0.717, 1.165) is 32.0 Å². The van der Waals surface area contributed by atoms with E-state index < -0.39 is 10.7 Å². The zero-order valence-corrected chi connectivity index (χ0v) is 11.3. The Morgan fingerprint density at radius 2 is 2.11 bits per heavy atom. The molecule has 19 heavy (non-hydrogen) atoms. The summed E-state index contributed by atoms with van der Waals surface area (Å²) >= 11 is 5.70. The van der Waals surface area contributed by atoms with Crippen LogP contribution in [-0.4, -0.2) is 23.6 Å². The van der Waals surface area contributed by atoms with Gasteiger partial charge in [-0.3, -0.25) is 10.1 Å². The van der Waals surface area contributed by atoms with E-state index >= 15 is 0 Å². The number of nitro benzene ring substituents is 1. The highest BCUT2D eigenvalue weighted by Crippen LogP contribution is 2.34. The molecule has 1 aromatic rings. The molecule has 0 spiro atoms. The molecule has 104 valence electrons. The van der Waals surface area contributed by atoms with Gasteiger partial charge >= 0.3 is 0 Å². The largest absolute Gasteiger partial charge is 0.374 e. The Morgan fingerprint density at radius 3 is 2.68 bits per heavy atom. The van der Waals surface area contributed by atoms with Gasteiger partial charge in [0.05, 0.1) is 16.0 Å². The third-order valence-electron chi connectivity index (χ3n) is 3.38. The number of hydrogen-bond donors (Lipinski definition) is 2. The number of nitrogens with one attached hydrogen (secondary N) is 2. The predicted molar refractivity (Wildman–Crippen MR) is 72.2 cm³/mol. The number of anilines is 1. The first-order chi connectivity index (χ1) is 8.91. The molecule has 1 heterocycles. The Hall–Kier alpha value is -1.40. The summed E-state index contributed by atoms with van der Waals surface area (Å²) < 4.78 is 13.3. The number of piperidine rings is 1. The zero-order chi connectivity index (χ0) is 14.0. The van der Waals surface area contributed by atoms with Crippen LogP contribution in [0.1, 0.15) is 19.8 Å². The summed E-state index contributed by atoms with van der Waals surface area (Å²) in [6, 6.07) is 2.14. The van der Waals surface area contributed by atoms with Gasteiger partial charge in [0.15, 0.2) is 0 Å². The van der Waals surface area contributed by atoms with Crippen molar-refractivity contribution in [3.8, 4) is 0 Å². The average molecular weight is 288 g/mol. The third kappa shape index (κ3) is 3.13. The minimum absolute atomic E-state index is 0.120. The molecule has 5 nitrogen and oxygen atoms in total. The lowest BCUT2D eigenvalue weighted by molar-refractivity contribution is -0.384. The molecule has 0 bridgehead atoms. The SMILES string of the molecule is CC1(Nc2cc(Cl)c(F)cc2[N+](=O)[O-])CCNCC1. The Balaban J connectivity index is 2.33. The normalized spacial score (nSPS) is 18.1. The lowest BCUT2D eigenvalue weighted by atomic mass is 9.90. The number of rotatable bonds is 3. The first kappa shape index (κ1) is 14.0. The van der Waals surface area contributed by atoms with Crippen LogP contribution in [0.2, 0.25) is 5.02 Å². The zero-order valence-electron chi connectivity index (χ0n) is 10.5. The van der Waals surface area contributed by atoms with Crippen molar-refractivity contribution in [2.24, 2.45) is 0 Å². The molecule has 0 amide bonds. The van der Waals surface area contributed by atoms with Crippen LogP contribution in [0.4, 0.5) is 15.8 Å². The van der Waals surface area contributed by atoms with Gasteiger partial charge in [0.25, 0.3) is 5.69 Å². The number of halogens is 2. The average Bonchev–Trinajstić information content (AvgIpc) is 2.33. The van der Waals surface area contributed by atoms with Gasteiger partial charge in [-0.05, 0) is 38.9 Å².